The quantitative estimate of drug-likeness (QED) is 0.386. The molecule has 0 N–H and O–H groups in total. The fraction of sp³-hybridized carbons (Fsp3) is 0.250. The van der Waals surface area contributed by atoms with Crippen LogP contribution < -0.4 is 10.3 Å². The molecule has 8 heteroatoms. The predicted octanol–water partition coefficient (Wildman–Crippen LogP) is 5.94. The standard InChI is InChI=1S/C20H18Br2ClN3O2/c1-4-11(2)28-19-16(22)7-13(8-17(19)23)10-24-26-12(3)25-18-6-5-14(21)9-15(18)20(26)27/h5-11H,4H2,1-3H3/t11-/m1/s1. The number of ether oxygens (including phenoxy) is 1. The lowest BCUT2D eigenvalue weighted by molar-refractivity contribution is 0.216. The Bertz CT molecular complexity index is 1110. The summed E-state index contributed by atoms with van der Waals surface area (Å²) in [4.78, 5) is 17.3. The minimum atomic E-state index is -0.234. The Morgan fingerprint density at radius 1 is 1.32 bits per heavy atom. The van der Waals surface area contributed by atoms with Gasteiger partial charge in [0.1, 0.15) is 5.82 Å². The number of aromatic nitrogens is 2. The highest BCUT2D eigenvalue weighted by Crippen LogP contribution is 2.35. The molecule has 2 aromatic carbocycles. The molecule has 0 saturated carbocycles. The Balaban J connectivity index is 1.99. The minimum absolute atomic E-state index is 0.0533. The first-order chi connectivity index (χ1) is 13.3. The van der Waals surface area contributed by atoms with Crippen molar-refractivity contribution in [3.05, 3.63) is 66.0 Å². The molecule has 28 heavy (non-hydrogen) atoms. The lowest BCUT2D eigenvalue weighted by Gasteiger charge is -2.15. The van der Waals surface area contributed by atoms with Crippen molar-refractivity contribution in [1.82, 2.24) is 9.66 Å². The monoisotopic (exact) mass is 525 g/mol. The maximum atomic E-state index is 12.8. The van der Waals surface area contributed by atoms with Crippen LogP contribution in [0.5, 0.6) is 5.75 Å². The zero-order valence-corrected chi connectivity index (χ0v) is 19.5. The summed E-state index contributed by atoms with van der Waals surface area (Å²) in [6.07, 6.45) is 2.50. The summed E-state index contributed by atoms with van der Waals surface area (Å²) in [6, 6.07) is 8.99. The molecular formula is C20H18Br2ClN3O2. The van der Waals surface area contributed by atoms with E-state index in [1.165, 1.54) is 4.68 Å². The smallest absolute Gasteiger partial charge is 0.282 e. The molecule has 0 spiro atoms. The van der Waals surface area contributed by atoms with E-state index in [0.29, 0.717) is 27.5 Å². The summed E-state index contributed by atoms with van der Waals surface area (Å²) < 4.78 is 8.66. The third-order valence-electron chi connectivity index (χ3n) is 4.21. The van der Waals surface area contributed by atoms with E-state index < -0.39 is 0 Å². The lowest BCUT2D eigenvalue weighted by atomic mass is 10.2. The van der Waals surface area contributed by atoms with Crippen molar-refractivity contribution in [3.63, 3.8) is 0 Å². The first-order valence-corrected chi connectivity index (χ1v) is 10.7. The van der Waals surface area contributed by atoms with Crippen LogP contribution in [0.3, 0.4) is 0 Å². The molecule has 1 heterocycles. The molecule has 0 fully saturated rings. The summed E-state index contributed by atoms with van der Waals surface area (Å²) in [7, 11) is 0. The molecule has 0 aliphatic heterocycles. The van der Waals surface area contributed by atoms with E-state index in [1.54, 1.807) is 31.3 Å². The van der Waals surface area contributed by atoms with Gasteiger partial charge in [-0.3, -0.25) is 4.79 Å². The van der Waals surface area contributed by atoms with Crippen LogP contribution >= 0.6 is 43.5 Å². The number of hydrogen-bond acceptors (Lipinski definition) is 4. The van der Waals surface area contributed by atoms with Crippen LogP contribution in [0.1, 0.15) is 31.7 Å². The van der Waals surface area contributed by atoms with E-state index in [4.69, 9.17) is 16.3 Å². The van der Waals surface area contributed by atoms with Gasteiger partial charge in [0.25, 0.3) is 5.56 Å². The fourth-order valence-corrected chi connectivity index (χ4v) is 3.89. The maximum Gasteiger partial charge on any atom is 0.282 e. The van der Waals surface area contributed by atoms with Gasteiger partial charge in [-0.1, -0.05) is 34.5 Å². The third kappa shape index (κ3) is 4.47. The molecule has 1 aromatic heterocycles. The van der Waals surface area contributed by atoms with Gasteiger partial charge in [0.2, 0.25) is 0 Å². The second-order valence-corrected chi connectivity index (χ2v) is 8.51. The maximum absolute atomic E-state index is 12.8. The molecule has 3 aromatic rings. The number of halogens is 3. The topological polar surface area (TPSA) is 56.5 Å². The van der Waals surface area contributed by atoms with Crippen molar-refractivity contribution >= 4 is 60.6 Å². The number of fused-ring (bicyclic) bond motifs is 1. The van der Waals surface area contributed by atoms with Crippen LogP contribution in [0.2, 0.25) is 5.02 Å². The SMILES string of the molecule is CC[C@@H](C)Oc1c(Cl)cc(C=Nn2c(C)nc3ccc(Br)cc3c2=O)cc1Br. The molecule has 3 rings (SSSR count). The first kappa shape index (κ1) is 21.0. The van der Waals surface area contributed by atoms with E-state index in [1.807, 2.05) is 26.0 Å². The largest absolute Gasteiger partial charge is 0.488 e. The summed E-state index contributed by atoms with van der Waals surface area (Å²) in [6.45, 7) is 5.77. The van der Waals surface area contributed by atoms with E-state index in [-0.39, 0.29) is 11.7 Å². The van der Waals surface area contributed by atoms with Gasteiger partial charge < -0.3 is 4.74 Å². The molecule has 0 aliphatic carbocycles. The van der Waals surface area contributed by atoms with E-state index in [9.17, 15) is 4.79 Å². The van der Waals surface area contributed by atoms with Crippen LogP contribution in [-0.4, -0.2) is 22.0 Å². The molecular weight excluding hydrogens is 510 g/mol. The molecule has 1 atom stereocenters. The normalized spacial score (nSPS) is 12.6. The molecule has 0 bridgehead atoms. The molecule has 0 unspecified atom stereocenters. The number of nitrogens with zero attached hydrogens (tertiary/aromatic N) is 3. The number of hydrogen-bond donors (Lipinski definition) is 0. The van der Waals surface area contributed by atoms with Crippen LogP contribution in [0, 0.1) is 6.92 Å². The van der Waals surface area contributed by atoms with Gasteiger partial charge in [0, 0.05) is 4.47 Å². The van der Waals surface area contributed by atoms with Crippen LogP contribution in [0.4, 0.5) is 0 Å². The average Bonchev–Trinajstić information content (AvgIpc) is 2.65. The zero-order chi connectivity index (χ0) is 20.4. The van der Waals surface area contributed by atoms with Crippen molar-refractivity contribution in [3.8, 4) is 5.75 Å². The molecule has 0 saturated heterocycles. The molecule has 146 valence electrons. The van der Waals surface area contributed by atoms with Crippen LogP contribution in [0.15, 0.2) is 49.2 Å². The van der Waals surface area contributed by atoms with Gasteiger partial charge in [-0.25, -0.2) is 4.98 Å². The minimum Gasteiger partial charge on any atom is -0.488 e. The van der Waals surface area contributed by atoms with Crippen molar-refractivity contribution in [2.24, 2.45) is 5.10 Å². The summed E-state index contributed by atoms with van der Waals surface area (Å²) in [5.74, 6) is 1.09. The van der Waals surface area contributed by atoms with Crippen molar-refractivity contribution in [1.29, 1.82) is 0 Å². The second-order valence-electron chi connectivity index (χ2n) is 6.33. The van der Waals surface area contributed by atoms with Gasteiger partial charge in [-0.2, -0.15) is 9.78 Å². The van der Waals surface area contributed by atoms with E-state index >= 15 is 0 Å². The molecule has 0 radical (unpaired) electrons. The second kappa shape index (κ2) is 8.76. The van der Waals surface area contributed by atoms with Gasteiger partial charge in [-0.15, -0.1) is 0 Å². The van der Waals surface area contributed by atoms with E-state index in [0.717, 1.165) is 20.9 Å². The summed E-state index contributed by atoms with van der Waals surface area (Å²) >= 11 is 13.3. The summed E-state index contributed by atoms with van der Waals surface area (Å²) in [5.41, 5.74) is 1.13. The van der Waals surface area contributed by atoms with Gasteiger partial charge in [-0.05, 0) is 72.1 Å². The number of aryl methyl sites for hydroxylation is 1. The van der Waals surface area contributed by atoms with Crippen molar-refractivity contribution < 1.29 is 4.74 Å². The molecule has 0 amide bonds. The average molecular weight is 528 g/mol. The fourth-order valence-electron chi connectivity index (χ4n) is 2.57. The number of rotatable bonds is 5. The van der Waals surface area contributed by atoms with E-state index in [2.05, 4.69) is 41.9 Å². The highest BCUT2D eigenvalue weighted by Gasteiger charge is 2.12. The molecule has 5 nitrogen and oxygen atoms in total. The molecule has 0 aliphatic rings. The van der Waals surface area contributed by atoms with Gasteiger partial charge >= 0.3 is 0 Å². The van der Waals surface area contributed by atoms with Gasteiger partial charge in [0.15, 0.2) is 5.75 Å². The Labute approximate surface area is 184 Å². The van der Waals surface area contributed by atoms with Crippen molar-refractivity contribution in [2.45, 2.75) is 33.3 Å². The Hall–Kier alpha value is -1.70. The third-order valence-corrected chi connectivity index (χ3v) is 5.57. The first-order valence-electron chi connectivity index (χ1n) is 8.69. The Kier molecular flexibility index (Phi) is 6.58. The summed E-state index contributed by atoms with van der Waals surface area (Å²) in [5, 5.41) is 5.29. The predicted molar refractivity (Wildman–Crippen MR) is 121 cm³/mol. The Morgan fingerprint density at radius 3 is 2.75 bits per heavy atom. The van der Waals surface area contributed by atoms with Crippen molar-refractivity contribution in [2.75, 3.05) is 0 Å². The van der Waals surface area contributed by atoms with Crippen LogP contribution in [0.25, 0.3) is 10.9 Å². The zero-order valence-electron chi connectivity index (χ0n) is 15.5. The van der Waals surface area contributed by atoms with Gasteiger partial charge in [0.05, 0.1) is 32.7 Å². The number of benzene rings is 2. The van der Waals surface area contributed by atoms with Crippen LogP contribution in [-0.2, 0) is 0 Å². The lowest BCUT2D eigenvalue weighted by Crippen LogP contribution is -2.20. The highest BCUT2D eigenvalue weighted by molar-refractivity contribution is 9.10. The highest BCUT2D eigenvalue weighted by atomic mass is 79.9. The Morgan fingerprint density at radius 2 is 2.07 bits per heavy atom.